The molecule has 1 amide bonds. The fourth-order valence-corrected chi connectivity index (χ4v) is 5.96. The fourth-order valence-electron chi connectivity index (χ4n) is 5.96. The maximum Gasteiger partial charge on any atom is 0.230 e. The Hall–Kier alpha value is -2.40. The smallest absolute Gasteiger partial charge is 0.230 e. The molecule has 5 heteroatoms. The molecule has 2 heterocycles. The van der Waals surface area contributed by atoms with E-state index in [9.17, 15) is 9.18 Å². The predicted octanol–water partition coefficient (Wildman–Crippen LogP) is 5.18. The average Bonchev–Trinajstić information content (AvgIpc) is 2.86. The summed E-state index contributed by atoms with van der Waals surface area (Å²) in [7, 11) is 0. The van der Waals surface area contributed by atoms with Crippen molar-refractivity contribution < 1.29 is 9.18 Å². The molecule has 0 spiro atoms. The van der Waals surface area contributed by atoms with Gasteiger partial charge in [0.25, 0.3) is 0 Å². The Labute approximate surface area is 197 Å². The van der Waals surface area contributed by atoms with Crippen LogP contribution in [-0.4, -0.2) is 49.6 Å². The van der Waals surface area contributed by atoms with E-state index in [4.69, 9.17) is 0 Å². The second-order valence-electron chi connectivity index (χ2n) is 10.1. The molecule has 1 unspecified atom stereocenters. The van der Waals surface area contributed by atoms with Crippen LogP contribution >= 0.6 is 0 Å². The molecule has 0 radical (unpaired) electrons. The molecule has 0 aromatic heterocycles. The van der Waals surface area contributed by atoms with E-state index in [1.165, 1.54) is 24.8 Å². The second kappa shape index (κ2) is 9.84. The van der Waals surface area contributed by atoms with Crippen molar-refractivity contribution in [2.75, 3.05) is 42.5 Å². The van der Waals surface area contributed by atoms with Crippen LogP contribution in [0.4, 0.5) is 15.8 Å². The van der Waals surface area contributed by atoms with Crippen LogP contribution in [-0.2, 0) is 11.2 Å². The summed E-state index contributed by atoms with van der Waals surface area (Å²) in [6.07, 6.45) is 7.72. The number of halogens is 1. The summed E-state index contributed by atoms with van der Waals surface area (Å²) in [6.45, 7) is 6.35. The lowest BCUT2D eigenvalue weighted by Gasteiger charge is -2.43. The molecule has 2 aromatic carbocycles. The van der Waals surface area contributed by atoms with Gasteiger partial charge in [-0.05, 0) is 61.9 Å². The molecule has 2 fully saturated rings. The zero-order valence-corrected chi connectivity index (χ0v) is 19.8. The van der Waals surface area contributed by atoms with Crippen molar-refractivity contribution in [3.8, 4) is 0 Å². The molecule has 1 atom stereocenters. The molecule has 3 aliphatic rings. The molecule has 1 aliphatic carbocycles. The lowest BCUT2D eigenvalue weighted by molar-refractivity contribution is -0.124. The average molecular weight is 450 g/mol. The fraction of sp³-hybridized carbons (Fsp3) is 0.536. The van der Waals surface area contributed by atoms with E-state index in [0.29, 0.717) is 5.91 Å². The Balaban J connectivity index is 1.29. The van der Waals surface area contributed by atoms with E-state index in [0.717, 1.165) is 75.3 Å². The van der Waals surface area contributed by atoms with E-state index in [1.54, 1.807) is 6.07 Å². The molecule has 33 heavy (non-hydrogen) atoms. The summed E-state index contributed by atoms with van der Waals surface area (Å²) in [5, 5.41) is 0. The Kier molecular flexibility index (Phi) is 6.68. The summed E-state index contributed by atoms with van der Waals surface area (Å²) in [5.41, 5.74) is 4.24. The van der Waals surface area contributed by atoms with Gasteiger partial charge >= 0.3 is 0 Å². The van der Waals surface area contributed by atoms with Crippen LogP contribution in [0.15, 0.2) is 42.5 Å². The number of carbonyl (C=O) groups is 1. The van der Waals surface area contributed by atoms with E-state index >= 15 is 0 Å². The number of aryl methyl sites for hydroxylation is 2. The minimum Gasteiger partial charge on any atom is -0.367 e. The number of nitrogens with zero attached hydrogens (tertiary/aromatic N) is 3. The van der Waals surface area contributed by atoms with Crippen molar-refractivity contribution in [3.63, 3.8) is 0 Å². The quantitative estimate of drug-likeness (QED) is 0.643. The molecule has 176 valence electrons. The van der Waals surface area contributed by atoms with Gasteiger partial charge in [0.2, 0.25) is 5.91 Å². The maximum atomic E-state index is 14.4. The molecule has 0 bridgehead atoms. The SMILES string of the molecule is Cc1ccc(F)c(N2CCN(CC3CCc4ccccc4N3C(=O)C3CCCCC3)CC2)c1. The maximum absolute atomic E-state index is 14.4. The Morgan fingerprint density at radius 2 is 1.70 bits per heavy atom. The number of hydrogen-bond acceptors (Lipinski definition) is 3. The first-order chi connectivity index (χ1) is 16.1. The summed E-state index contributed by atoms with van der Waals surface area (Å²) >= 11 is 0. The number of para-hydroxylation sites is 1. The summed E-state index contributed by atoms with van der Waals surface area (Å²) in [4.78, 5) is 20.5. The first-order valence-electron chi connectivity index (χ1n) is 12.7. The van der Waals surface area contributed by atoms with Gasteiger partial charge in [0, 0.05) is 50.4 Å². The van der Waals surface area contributed by atoms with Crippen molar-refractivity contribution in [1.82, 2.24) is 4.90 Å². The number of piperazine rings is 1. The molecular formula is C28H36FN3O. The van der Waals surface area contributed by atoms with Crippen LogP contribution < -0.4 is 9.80 Å². The molecule has 2 aliphatic heterocycles. The molecule has 1 saturated heterocycles. The van der Waals surface area contributed by atoms with Crippen LogP contribution in [0.25, 0.3) is 0 Å². The number of rotatable bonds is 4. The second-order valence-corrected chi connectivity index (χ2v) is 10.1. The third-order valence-electron chi connectivity index (χ3n) is 7.84. The minimum absolute atomic E-state index is 0.137. The number of benzene rings is 2. The van der Waals surface area contributed by atoms with Gasteiger partial charge < -0.3 is 9.80 Å². The highest BCUT2D eigenvalue weighted by Crippen LogP contribution is 2.35. The van der Waals surface area contributed by atoms with E-state index in [-0.39, 0.29) is 17.8 Å². The molecule has 0 N–H and O–H groups in total. The van der Waals surface area contributed by atoms with E-state index < -0.39 is 0 Å². The van der Waals surface area contributed by atoms with Crippen LogP contribution in [0, 0.1) is 18.7 Å². The zero-order chi connectivity index (χ0) is 22.8. The minimum atomic E-state index is -0.137. The van der Waals surface area contributed by atoms with Gasteiger partial charge in [-0.3, -0.25) is 9.69 Å². The van der Waals surface area contributed by atoms with Gasteiger partial charge in [0.05, 0.1) is 5.69 Å². The van der Waals surface area contributed by atoms with Crippen molar-refractivity contribution in [1.29, 1.82) is 0 Å². The highest BCUT2D eigenvalue weighted by molar-refractivity contribution is 5.97. The first-order valence-corrected chi connectivity index (χ1v) is 12.7. The summed E-state index contributed by atoms with van der Waals surface area (Å²) in [5.74, 6) is 0.378. The number of amides is 1. The molecule has 5 rings (SSSR count). The lowest BCUT2D eigenvalue weighted by Crippen LogP contribution is -2.55. The predicted molar refractivity (Wildman–Crippen MR) is 132 cm³/mol. The Morgan fingerprint density at radius 1 is 0.939 bits per heavy atom. The van der Waals surface area contributed by atoms with Crippen molar-refractivity contribution >= 4 is 17.3 Å². The van der Waals surface area contributed by atoms with Crippen molar-refractivity contribution in [2.45, 2.75) is 57.9 Å². The summed E-state index contributed by atoms with van der Waals surface area (Å²) < 4.78 is 14.4. The van der Waals surface area contributed by atoms with Crippen LogP contribution in [0.1, 0.15) is 49.7 Å². The van der Waals surface area contributed by atoms with Crippen LogP contribution in [0.2, 0.25) is 0 Å². The van der Waals surface area contributed by atoms with Crippen LogP contribution in [0.5, 0.6) is 0 Å². The standard InChI is InChI=1S/C28H36FN3O/c1-21-11-14-25(29)27(19-21)31-17-15-30(16-18-31)20-24-13-12-22-7-5-6-10-26(22)32(24)28(33)23-8-3-2-4-9-23/h5-7,10-11,14,19,23-24H,2-4,8-9,12-13,15-18,20H2,1H3. The van der Waals surface area contributed by atoms with Crippen LogP contribution in [0.3, 0.4) is 0 Å². The molecular weight excluding hydrogens is 413 g/mol. The zero-order valence-electron chi connectivity index (χ0n) is 19.8. The highest BCUT2D eigenvalue weighted by atomic mass is 19.1. The number of hydrogen-bond donors (Lipinski definition) is 0. The van der Waals surface area contributed by atoms with Gasteiger partial charge in [-0.1, -0.05) is 43.5 Å². The normalized spacial score (nSPS) is 22.3. The van der Waals surface area contributed by atoms with Gasteiger partial charge in [0.1, 0.15) is 5.82 Å². The van der Waals surface area contributed by atoms with Gasteiger partial charge in [0.15, 0.2) is 0 Å². The third-order valence-corrected chi connectivity index (χ3v) is 7.84. The molecule has 2 aromatic rings. The largest absolute Gasteiger partial charge is 0.367 e. The number of anilines is 2. The molecule has 1 saturated carbocycles. The van der Waals surface area contributed by atoms with E-state index in [1.807, 2.05) is 19.1 Å². The first kappa shape index (κ1) is 22.4. The number of fused-ring (bicyclic) bond motifs is 1. The van der Waals surface area contributed by atoms with E-state index in [2.05, 4.69) is 39.0 Å². The highest BCUT2D eigenvalue weighted by Gasteiger charge is 2.36. The van der Waals surface area contributed by atoms with Gasteiger partial charge in [-0.2, -0.15) is 0 Å². The summed E-state index contributed by atoms with van der Waals surface area (Å²) in [6, 6.07) is 14.1. The third kappa shape index (κ3) is 4.79. The van der Waals surface area contributed by atoms with Crippen molar-refractivity contribution in [3.05, 3.63) is 59.4 Å². The molecule has 4 nitrogen and oxygen atoms in total. The Morgan fingerprint density at radius 3 is 2.48 bits per heavy atom. The number of carbonyl (C=O) groups excluding carboxylic acids is 1. The monoisotopic (exact) mass is 449 g/mol. The van der Waals surface area contributed by atoms with Crippen molar-refractivity contribution in [2.24, 2.45) is 5.92 Å². The van der Waals surface area contributed by atoms with Gasteiger partial charge in [-0.15, -0.1) is 0 Å². The lowest BCUT2D eigenvalue weighted by atomic mass is 9.86. The topological polar surface area (TPSA) is 26.8 Å². The van der Waals surface area contributed by atoms with Gasteiger partial charge in [-0.25, -0.2) is 4.39 Å². The Bertz CT molecular complexity index is 979.